The third kappa shape index (κ3) is 3.28. The van der Waals surface area contributed by atoms with Crippen molar-refractivity contribution in [2.24, 2.45) is 0 Å². The van der Waals surface area contributed by atoms with Crippen molar-refractivity contribution in [1.82, 2.24) is 9.97 Å². The molecule has 0 radical (unpaired) electrons. The lowest BCUT2D eigenvalue weighted by molar-refractivity contribution is -0.384. The average molecular weight is 396 g/mol. The van der Waals surface area contributed by atoms with Crippen LogP contribution in [0.3, 0.4) is 0 Å². The second-order valence-electron chi connectivity index (χ2n) is 5.76. The zero-order valence-electron chi connectivity index (χ0n) is 14.1. The Hall–Kier alpha value is -3.79. The number of nitrogens with zero attached hydrogens (tertiary/aromatic N) is 3. The first-order valence-corrected chi connectivity index (χ1v) is 9.49. The molecule has 0 aliphatic heterocycles. The van der Waals surface area contributed by atoms with Crippen molar-refractivity contribution in [3.63, 3.8) is 0 Å². The molecule has 4 aromatic rings. The highest BCUT2D eigenvalue weighted by Gasteiger charge is 2.19. The van der Waals surface area contributed by atoms with E-state index in [9.17, 15) is 18.5 Å². The van der Waals surface area contributed by atoms with E-state index in [1.165, 1.54) is 12.1 Å². The standard InChI is InChI=1S/C18H12N4O5S/c23-22(24)13-4-6-14(7-5-13)28(25,26)21-15-2-1-3-16-17(15)20-18(27-16)12-8-10-19-11-9-12/h1-11,21H. The molecule has 0 unspecified atom stereocenters. The lowest BCUT2D eigenvalue weighted by atomic mass is 10.3. The SMILES string of the molecule is O=[N+]([O-])c1ccc(S(=O)(=O)Nc2cccc3oc(-c4ccncc4)nc23)cc1. The Balaban J connectivity index is 1.71. The number of nitro benzene ring substituents is 1. The maximum absolute atomic E-state index is 12.7. The number of rotatable bonds is 5. The molecule has 0 aliphatic carbocycles. The molecule has 0 bridgehead atoms. The average Bonchev–Trinajstić information content (AvgIpc) is 3.14. The van der Waals surface area contributed by atoms with Gasteiger partial charge in [0.2, 0.25) is 5.89 Å². The van der Waals surface area contributed by atoms with Gasteiger partial charge in [-0.2, -0.15) is 0 Å². The molecule has 2 heterocycles. The van der Waals surface area contributed by atoms with Gasteiger partial charge in [0.05, 0.1) is 15.5 Å². The number of aromatic nitrogens is 2. The minimum Gasteiger partial charge on any atom is -0.436 e. The van der Waals surface area contributed by atoms with Crippen LogP contribution in [0.1, 0.15) is 0 Å². The van der Waals surface area contributed by atoms with Crippen molar-refractivity contribution < 1.29 is 17.8 Å². The van der Waals surface area contributed by atoms with Crippen LogP contribution in [0.5, 0.6) is 0 Å². The Labute approximate surface area is 158 Å². The normalized spacial score (nSPS) is 11.4. The molecule has 0 atom stereocenters. The van der Waals surface area contributed by atoms with Gasteiger partial charge < -0.3 is 4.42 Å². The highest BCUT2D eigenvalue weighted by atomic mass is 32.2. The summed E-state index contributed by atoms with van der Waals surface area (Å²) in [6.45, 7) is 0. The molecule has 0 amide bonds. The number of benzene rings is 2. The summed E-state index contributed by atoms with van der Waals surface area (Å²) in [5.74, 6) is 0.333. The maximum Gasteiger partial charge on any atom is 0.269 e. The molecule has 0 fully saturated rings. The highest BCUT2D eigenvalue weighted by Crippen LogP contribution is 2.30. The van der Waals surface area contributed by atoms with Crippen molar-refractivity contribution in [2.75, 3.05) is 4.72 Å². The molecule has 10 heteroatoms. The fraction of sp³-hybridized carbons (Fsp3) is 0. The maximum atomic E-state index is 12.7. The van der Waals surface area contributed by atoms with E-state index in [0.29, 0.717) is 22.6 Å². The second kappa shape index (κ2) is 6.74. The van der Waals surface area contributed by atoms with Gasteiger partial charge in [0, 0.05) is 30.1 Å². The van der Waals surface area contributed by atoms with E-state index in [0.717, 1.165) is 12.1 Å². The fourth-order valence-corrected chi connectivity index (χ4v) is 3.67. The predicted molar refractivity (Wildman–Crippen MR) is 101 cm³/mol. The van der Waals surface area contributed by atoms with Crippen LogP contribution in [-0.2, 0) is 10.0 Å². The van der Waals surface area contributed by atoms with E-state index in [-0.39, 0.29) is 16.3 Å². The van der Waals surface area contributed by atoms with Gasteiger partial charge in [0.25, 0.3) is 15.7 Å². The summed E-state index contributed by atoms with van der Waals surface area (Å²) in [6.07, 6.45) is 3.20. The van der Waals surface area contributed by atoms with E-state index in [2.05, 4.69) is 14.7 Å². The van der Waals surface area contributed by atoms with Gasteiger partial charge in [-0.3, -0.25) is 19.8 Å². The Kier molecular flexibility index (Phi) is 4.24. The predicted octanol–water partition coefficient (Wildman–Crippen LogP) is 3.60. The van der Waals surface area contributed by atoms with Gasteiger partial charge in [0.1, 0.15) is 5.52 Å². The first kappa shape index (κ1) is 17.6. The molecule has 1 N–H and O–H groups in total. The summed E-state index contributed by atoms with van der Waals surface area (Å²) in [7, 11) is -3.97. The van der Waals surface area contributed by atoms with Crippen molar-refractivity contribution in [2.45, 2.75) is 4.90 Å². The van der Waals surface area contributed by atoms with Crippen molar-refractivity contribution in [1.29, 1.82) is 0 Å². The minimum atomic E-state index is -3.97. The summed E-state index contributed by atoms with van der Waals surface area (Å²) < 4.78 is 33.5. The lowest BCUT2D eigenvalue weighted by Gasteiger charge is -2.08. The number of sulfonamides is 1. The number of hydrogen-bond donors (Lipinski definition) is 1. The van der Waals surface area contributed by atoms with Gasteiger partial charge in [-0.1, -0.05) is 6.07 Å². The Morgan fingerprint density at radius 2 is 1.71 bits per heavy atom. The van der Waals surface area contributed by atoms with Crippen molar-refractivity contribution >= 4 is 32.5 Å². The summed E-state index contributed by atoms with van der Waals surface area (Å²) >= 11 is 0. The summed E-state index contributed by atoms with van der Waals surface area (Å²) in [6, 6.07) is 12.9. The fourth-order valence-electron chi connectivity index (χ4n) is 2.60. The van der Waals surface area contributed by atoms with E-state index < -0.39 is 14.9 Å². The van der Waals surface area contributed by atoms with Crippen LogP contribution in [0, 0.1) is 10.1 Å². The monoisotopic (exact) mass is 396 g/mol. The number of oxazole rings is 1. The molecular weight excluding hydrogens is 384 g/mol. The number of para-hydroxylation sites is 1. The van der Waals surface area contributed by atoms with Crippen LogP contribution >= 0.6 is 0 Å². The van der Waals surface area contributed by atoms with Gasteiger partial charge in [-0.25, -0.2) is 13.4 Å². The van der Waals surface area contributed by atoms with Gasteiger partial charge >= 0.3 is 0 Å². The van der Waals surface area contributed by atoms with Crippen LogP contribution in [0.25, 0.3) is 22.6 Å². The molecule has 28 heavy (non-hydrogen) atoms. The molecule has 140 valence electrons. The van der Waals surface area contributed by atoms with E-state index in [4.69, 9.17) is 4.42 Å². The number of anilines is 1. The van der Waals surface area contributed by atoms with Gasteiger partial charge in [0.15, 0.2) is 5.58 Å². The molecular formula is C18H12N4O5S. The number of nitro groups is 1. The first-order chi connectivity index (χ1) is 13.4. The molecule has 2 aromatic heterocycles. The van der Waals surface area contributed by atoms with E-state index in [1.54, 1.807) is 42.7 Å². The smallest absolute Gasteiger partial charge is 0.269 e. The number of nitrogens with one attached hydrogen (secondary N) is 1. The van der Waals surface area contributed by atoms with Crippen molar-refractivity contribution in [3.05, 3.63) is 77.1 Å². The molecule has 4 rings (SSSR count). The lowest BCUT2D eigenvalue weighted by Crippen LogP contribution is -2.13. The molecule has 9 nitrogen and oxygen atoms in total. The summed E-state index contributed by atoms with van der Waals surface area (Å²) in [5.41, 5.74) is 1.50. The van der Waals surface area contributed by atoms with Crippen LogP contribution in [0.2, 0.25) is 0 Å². The van der Waals surface area contributed by atoms with Gasteiger partial charge in [-0.05, 0) is 36.4 Å². The summed E-state index contributed by atoms with van der Waals surface area (Å²) in [5, 5.41) is 10.7. The van der Waals surface area contributed by atoms with Crippen LogP contribution < -0.4 is 4.72 Å². The Morgan fingerprint density at radius 1 is 1.00 bits per heavy atom. The zero-order chi connectivity index (χ0) is 19.7. The Bertz CT molecular complexity index is 1270. The third-order valence-electron chi connectivity index (χ3n) is 3.95. The Morgan fingerprint density at radius 3 is 2.39 bits per heavy atom. The molecule has 0 saturated heterocycles. The number of non-ortho nitro benzene ring substituents is 1. The zero-order valence-corrected chi connectivity index (χ0v) is 15.0. The quantitative estimate of drug-likeness (QED) is 0.403. The molecule has 0 aliphatic rings. The first-order valence-electron chi connectivity index (χ1n) is 8.01. The largest absolute Gasteiger partial charge is 0.436 e. The van der Waals surface area contributed by atoms with Crippen LogP contribution in [0.15, 0.2) is 76.3 Å². The van der Waals surface area contributed by atoms with E-state index >= 15 is 0 Å². The third-order valence-corrected chi connectivity index (χ3v) is 5.33. The van der Waals surface area contributed by atoms with Crippen molar-refractivity contribution in [3.8, 4) is 11.5 Å². The summed E-state index contributed by atoms with van der Waals surface area (Å²) in [4.78, 5) is 18.4. The van der Waals surface area contributed by atoms with E-state index in [1.807, 2.05) is 0 Å². The molecule has 2 aromatic carbocycles. The van der Waals surface area contributed by atoms with Gasteiger partial charge in [-0.15, -0.1) is 0 Å². The number of hydrogen-bond acceptors (Lipinski definition) is 7. The highest BCUT2D eigenvalue weighted by molar-refractivity contribution is 7.92. The molecule has 0 spiro atoms. The number of pyridine rings is 1. The van der Waals surface area contributed by atoms with Crippen LogP contribution in [0.4, 0.5) is 11.4 Å². The topological polar surface area (TPSA) is 128 Å². The van der Waals surface area contributed by atoms with Crippen LogP contribution in [-0.4, -0.2) is 23.3 Å². The molecule has 0 saturated carbocycles. The number of fused-ring (bicyclic) bond motifs is 1. The minimum absolute atomic E-state index is 0.104. The second-order valence-corrected chi connectivity index (χ2v) is 7.45.